The van der Waals surface area contributed by atoms with E-state index >= 15 is 0 Å². The highest BCUT2D eigenvalue weighted by Crippen LogP contribution is 2.54. The minimum Gasteiger partial charge on any atom is -0.450 e. The van der Waals surface area contributed by atoms with E-state index in [0.29, 0.717) is 43.0 Å². The van der Waals surface area contributed by atoms with Crippen molar-refractivity contribution in [1.82, 2.24) is 14.9 Å². The van der Waals surface area contributed by atoms with Gasteiger partial charge in [0.15, 0.2) is 0 Å². The number of carbonyl (C=O) groups excluding carboxylic acids is 2. The molecule has 7 nitrogen and oxygen atoms in total. The second-order valence-corrected chi connectivity index (χ2v) is 8.17. The number of hydroxylamine groups is 2. The zero-order valence-corrected chi connectivity index (χ0v) is 16.1. The summed E-state index contributed by atoms with van der Waals surface area (Å²) in [5, 5.41) is 1.49. The SMILES string of the molecule is CCOC(=O)N1CC2CCC1CC2N1C[C@@H]2[C@H](C1)[C@@H]2C(=O)N(CC)OC. The molecule has 0 aromatic rings. The van der Waals surface area contributed by atoms with Gasteiger partial charge in [0.25, 0.3) is 0 Å². The number of likely N-dealkylation sites (tertiary alicyclic amines) is 1. The molecule has 0 aromatic heterocycles. The average Bonchev–Trinajstić information content (AvgIpc) is 3.16. The van der Waals surface area contributed by atoms with Crippen molar-refractivity contribution < 1.29 is 19.2 Å². The Balaban J connectivity index is 1.32. The first-order chi connectivity index (χ1) is 12.6. The summed E-state index contributed by atoms with van der Waals surface area (Å²) in [6.45, 7) is 7.73. The van der Waals surface area contributed by atoms with Crippen LogP contribution in [0.3, 0.4) is 0 Å². The molecular formula is C19H31N3O4. The molecule has 6 atom stereocenters. The van der Waals surface area contributed by atoms with Crippen molar-refractivity contribution in [1.29, 1.82) is 0 Å². The van der Waals surface area contributed by atoms with E-state index in [9.17, 15) is 9.59 Å². The van der Waals surface area contributed by atoms with Gasteiger partial charge in [-0.2, -0.15) is 0 Å². The highest BCUT2D eigenvalue weighted by molar-refractivity contribution is 5.81. The van der Waals surface area contributed by atoms with Crippen LogP contribution in [0, 0.1) is 23.7 Å². The first-order valence-corrected chi connectivity index (χ1v) is 10.1. The lowest BCUT2D eigenvalue weighted by atomic mass is 9.75. The Morgan fingerprint density at radius 2 is 1.85 bits per heavy atom. The van der Waals surface area contributed by atoms with Gasteiger partial charge in [-0.15, -0.1) is 0 Å². The molecule has 0 aromatic carbocycles. The molecule has 2 saturated carbocycles. The van der Waals surface area contributed by atoms with Crippen LogP contribution >= 0.6 is 0 Å². The van der Waals surface area contributed by atoms with E-state index in [4.69, 9.17) is 9.57 Å². The summed E-state index contributed by atoms with van der Waals surface area (Å²) in [4.78, 5) is 34.4. The van der Waals surface area contributed by atoms with Gasteiger partial charge in [-0.05, 0) is 50.9 Å². The molecule has 0 radical (unpaired) electrons. The van der Waals surface area contributed by atoms with Crippen molar-refractivity contribution in [2.75, 3.05) is 39.9 Å². The molecule has 3 saturated heterocycles. The highest BCUT2D eigenvalue weighted by Gasteiger charge is 2.62. The minimum atomic E-state index is -0.144. The molecule has 2 aliphatic carbocycles. The topological polar surface area (TPSA) is 62.3 Å². The number of piperidine rings is 3. The third-order valence-corrected chi connectivity index (χ3v) is 7.03. The fraction of sp³-hybridized carbons (Fsp3) is 0.895. The van der Waals surface area contributed by atoms with Gasteiger partial charge in [-0.1, -0.05) is 0 Å². The fourth-order valence-electron chi connectivity index (χ4n) is 5.70. The lowest BCUT2D eigenvalue weighted by Crippen LogP contribution is -2.60. The summed E-state index contributed by atoms with van der Waals surface area (Å²) in [5.74, 6) is 1.84. The number of fused-ring (bicyclic) bond motifs is 4. The molecule has 5 fully saturated rings. The van der Waals surface area contributed by atoms with Crippen molar-refractivity contribution in [3.8, 4) is 0 Å². The molecule has 3 unspecified atom stereocenters. The summed E-state index contributed by atoms with van der Waals surface area (Å²) >= 11 is 0. The molecule has 26 heavy (non-hydrogen) atoms. The average molecular weight is 365 g/mol. The van der Waals surface area contributed by atoms with Gasteiger partial charge in [0.2, 0.25) is 5.91 Å². The predicted octanol–water partition coefficient (Wildman–Crippen LogP) is 1.58. The van der Waals surface area contributed by atoms with E-state index in [1.54, 1.807) is 7.11 Å². The Morgan fingerprint density at radius 3 is 2.38 bits per heavy atom. The zero-order valence-electron chi connectivity index (χ0n) is 16.1. The zero-order chi connectivity index (χ0) is 18.4. The third kappa shape index (κ3) is 2.89. The second kappa shape index (κ2) is 7.00. The standard InChI is InChI=1S/C19H31N3O4/c1-4-22(25-3)18(23)17-14-10-20(11-15(14)17)16-8-13-7-6-12(16)9-21(13)19(24)26-5-2/h12-17H,4-11H2,1-3H3/t12?,13?,14-,15+,16?,17-. The molecule has 3 aliphatic heterocycles. The molecular weight excluding hydrogens is 334 g/mol. The van der Waals surface area contributed by atoms with Gasteiger partial charge in [-0.3, -0.25) is 14.5 Å². The van der Waals surface area contributed by atoms with Gasteiger partial charge in [0, 0.05) is 44.2 Å². The Hall–Kier alpha value is -1.34. The smallest absolute Gasteiger partial charge is 0.410 e. The normalized spacial score (nSPS) is 38.2. The van der Waals surface area contributed by atoms with E-state index in [1.165, 1.54) is 11.5 Å². The fourth-order valence-corrected chi connectivity index (χ4v) is 5.70. The number of ether oxygens (including phenoxy) is 1. The van der Waals surface area contributed by atoms with Crippen LogP contribution in [-0.4, -0.2) is 78.8 Å². The quantitative estimate of drug-likeness (QED) is 0.693. The summed E-state index contributed by atoms with van der Waals surface area (Å²) in [6.07, 6.45) is 3.21. The van der Waals surface area contributed by atoms with Crippen molar-refractivity contribution in [2.45, 2.75) is 45.2 Å². The van der Waals surface area contributed by atoms with Crippen molar-refractivity contribution in [2.24, 2.45) is 23.7 Å². The van der Waals surface area contributed by atoms with Crippen LogP contribution in [0.4, 0.5) is 4.79 Å². The second-order valence-electron chi connectivity index (χ2n) is 8.17. The van der Waals surface area contributed by atoms with Crippen molar-refractivity contribution >= 4 is 12.0 Å². The van der Waals surface area contributed by atoms with Crippen molar-refractivity contribution in [3.63, 3.8) is 0 Å². The van der Waals surface area contributed by atoms with Gasteiger partial charge < -0.3 is 9.64 Å². The maximum atomic E-state index is 12.5. The Morgan fingerprint density at radius 1 is 1.12 bits per heavy atom. The number of rotatable bonds is 5. The van der Waals surface area contributed by atoms with Gasteiger partial charge in [-0.25, -0.2) is 9.86 Å². The Kier molecular flexibility index (Phi) is 4.86. The van der Waals surface area contributed by atoms with Crippen LogP contribution < -0.4 is 0 Å². The maximum Gasteiger partial charge on any atom is 0.410 e. The molecule has 2 amide bonds. The maximum absolute atomic E-state index is 12.5. The molecule has 0 spiro atoms. The molecule has 2 bridgehead atoms. The van der Waals surface area contributed by atoms with Crippen LogP contribution in [-0.2, 0) is 14.4 Å². The van der Waals surface area contributed by atoms with E-state index in [0.717, 1.165) is 32.5 Å². The number of carbonyl (C=O) groups is 2. The number of nitrogens with zero attached hydrogens (tertiary/aromatic N) is 3. The largest absolute Gasteiger partial charge is 0.450 e. The van der Waals surface area contributed by atoms with Crippen LogP contribution in [0.15, 0.2) is 0 Å². The van der Waals surface area contributed by atoms with E-state index in [-0.39, 0.29) is 17.9 Å². The molecule has 5 rings (SSSR count). The predicted molar refractivity (Wildman–Crippen MR) is 95.1 cm³/mol. The molecule has 146 valence electrons. The molecule has 5 aliphatic rings. The first kappa shape index (κ1) is 18.0. The Bertz CT molecular complexity index is 555. The monoisotopic (exact) mass is 365 g/mol. The lowest BCUT2D eigenvalue weighted by Gasteiger charge is -2.51. The van der Waals surface area contributed by atoms with Gasteiger partial charge in [0.05, 0.1) is 13.7 Å². The van der Waals surface area contributed by atoms with E-state index in [1.807, 2.05) is 18.7 Å². The number of amides is 2. The van der Waals surface area contributed by atoms with Crippen LogP contribution in [0.5, 0.6) is 0 Å². The molecule has 7 heteroatoms. The highest BCUT2D eigenvalue weighted by atomic mass is 16.7. The summed E-state index contributed by atoms with van der Waals surface area (Å²) in [7, 11) is 1.57. The number of hydrogen-bond acceptors (Lipinski definition) is 5. The molecule has 0 N–H and O–H groups in total. The molecule has 3 heterocycles. The Labute approximate surface area is 155 Å². The van der Waals surface area contributed by atoms with Crippen LogP contribution in [0.2, 0.25) is 0 Å². The third-order valence-electron chi connectivity index (χ3n) is 7.03. The van der Waals surface area contributed by atoms with Crippen molar-refractivity contribution in [3.05, 3.63) is 0 Å². The summed E-state index contributed by atoms with van der Waals surface area (Å²) in [6, 6.07) is 0.884. The summed E-state index contributed by atoms with van der Waals surface area (Å²) < 4.78 is 5.22. The summed E-state index contributed by atoms with van der Waals surface area (Å²) in [5.41, 5.74) is 0. The lowest BCUT2D eigenvalue weighted by molar-refractivity contribution is -0.177. The van der Waals surface area contributed by atoms with Gasteiger partial charge >= 0.3 is 6.09 Å². The number of hydrogen-bond donors (Lipinski definition) is 0. The minimum absolute atomic E-state index is 0.144. The van der Waals surface area contributed by atoms with E-state index in [2.05, 4.69) is 4.90 Å². The van der Waals surface area contributed by atoms with Gasteiger partial charge in [0.1, 0.15) is 0 Å². The van der Waals surface area contributed by atoms with E-state index < -0.39 is 0 Å². The van der Waals surface area contributed by atoms with Crippen LogP contribution in [0.25, 0.3) is 0 Å². The van der Waals surface area contributed by atoms with Crippen LogP contribution in [0.1, 0.15) is 33.1 Å². The first-order valence-electron chi connectivity index (χ1n) is 10.1.